The highest BCUT2D eigenvalue weighted by atomic mass is 16.6. The number of hydrogen-bond donors (Lipinski definition) is 0. The Morgan fingerprint density at radius 1 is 0.600 bits per heavy atom. The molecule has 0 spiro atoms. The highest BCUT2D eigenvalue weighted by molar-refractivity contribution is 5.91. The van der Waals surface area contributed by atoms with Crippen LogP contribution in [0.25, 0.3) is 11.1 Å². The second-order valence-corrected chi connectivity index (χ2v) is 11.7. The molecule has 0 saturated carbocycles. The van der Waals surface area contributed by atoms with Gasteiger partial charge in [0.2, 0.25) is 0 Å². The molecule has 3 aromatic carbocycles. The average Bonchev–Trinajstić information content (AvgIpc) is 3.05. The summed E-state index contributed by atoms with van der Waals surface area (Å²) in [6.07, 6.45) is 13.0. The van der Waals surface area contributed by atoms with Crippen molar-refractivity contribution in [3.05, 3.63) is 78.4 Å². The summed E-state index contributed by atoms with van der Waals surface area (Å²) in [6.45, 7) is 8.82. The predicted octanol–water partition coefficient (Wildman–Crippen LogP) is 10.4. The third-order valence-electron chi connectivity index (χ3n) is 7.76. The van der Waals surface area contributed by atoms with Gasteiger partial charge in [0.05, 0.1) is 12.2 Å². The van der Waals surface area contributed by atoms with Gasteiger partial charge in [0.25, 0.3) is 0 Å². The van der Waals surface area contributed by atoms with Crippen LogP contribution in [-0.2, 0) is 9.53 Å². The fourth-order valence-electron chi connectivity index (χ4n) is 5.14. The number of carbonyl (C=O) groups is 2. The number of esters is 2. The normalized spacial score (nSPS) is 11.7. The molecule has 0 N–H and O–H groups in total. The van der Waals surface area contributed by atoms with E-state index < -0.39 is 12.1 Å². The van der Waals surface area contributed by atoms with Crippen LogP contribution in [0.4, 0.5) is 0 Å². The maximum absolute atomic E-state index is 12.7. The van der Waals surface area contributed by atoms with E-state index in [0.717, 1.165) is 49.0 Å². The van der Waals surface area contributed by atoms with Gasteiger partial charge in [0.1, 0.15) is 23.4 Å². The minimum absolute atomic E-state index is 0.0578. The molecule has 45 heavy (non-hydrogen) atoms. The first-order chi connectivity index (χ1) is 21.9. The van der Waals surface area contributed by atoms with Crippen LogP contribution in [0.15, 0.2) is 72.8 Å². The number of rotatable bonds is 21. The molecular weight excluding hydrogens is 564 g/mol. The Kier molecular flexibility index (Phi) is 16.1. The van der Waals surface area contributed by atoms with Crippen molar-refractivity contribution in [3.8, 4) is 28.4 Å². The first-order valence-electron chi connectivity index (χ1n) is 17.0. The summed E-state index contributed by atoms with van der Waals surface area (Å²) in [6, 6.07) is 22.0. The summed E-state index contributed by atoms with van der Waals surface area (Å²) in [5, 5.41) is 0. The van der Waals surface area contributed by atoms with E-state index in [0.29, 0.717) is 23.7 Å². The number of ether oxygens (including phenoxy) is 4. The number of benzene rings is 3. The topological polar surface area (TPSA) is 71.1 Å². The largest absolute Gasteiger partial charge is 0.494 e. The molecule has 0 amide bonds. The van der Waals surface area contributed by atoms with Crippen molar-refractivity contribution in [3.63, 3.8) is 0 Å². The van der Waals surface area contributed by atoms with Crippen LogP contribution in [0.2, 0.25) is 0 Å². The number of hydrogen-bond acceptors (Lipinski definition) is 6. The van der Waals surface area contributed by atoms with Crippen LogP contribution in [0, 0.1) is 0 Å². The van der Waals surface area contributed by atoms with E-state index in [1.54, 1.807) is 31.2 Å². The fraction of sp³-hybridized carbons (Fsp3) is 0.487. The van der Waals surface area contributed by atoms with Gasteiger partial charge in [-0.15, -0.1) is 0 Å². The third-order valence-corrected chi connectivity index (χ3v) is 7.76. The number of unbranched alkanes of at least 4 members (excludes halogenated alkanes) is 7. The lowest BCUT2D eigenvalue weighted by Crippen LogP contribution is -2.30. The van der Waals surface area contributed by atoms with Crippen molar-refractivity contribution in [1.82, 2.24) is 0 Å². The van der Waals surface area contributed by atoms with Crippen molar-refractivity contribution in [1.29, 1.82) is 0 Å². The zero-order chi connectivity index (χ0) is 32.3. The van der Waals surface area contributed by atoms with Crippen molar-refractivity contribution in [2.75, 3.05) is 6.61 Å². The van der Waals surface area contributed by atoms with Crippen LogP contribution in [-0.4, -0.2) is 30.8 Å². The first-order valence-corrected chi connectivity index (χ1v) is 17.0. The smallest absolute Gasteiger partial charge is 0.347 e. The highest BCUT2D eigenvalue weighted by Crippen LogP contribution is 2.26. The summed E-state index contributed by atoms with van der Waals surface area (Å²) < 4.78 is 22.9. The van der Waals surface area contributed by atoms with E-state index in [1.807, 2.05) is 48.5 Å². The molecule has 3 aromatic rings. The van der Waals surface area contributed by atoms with E-state index in [4.69, 9.17) is 18.9 Å². The van der Waals surface area contributed by atoms with Crippen molar-refractivity contribution >= 4 is 11.9 Å². The number of carbonyl (C=O) groups excluding carboxylic acids is 2. The Labute approximate surface area is 270 Å². The quantitative estimate of drug-likeness (QED) is 0.0674. The molecule has 0 aromatic heterocycles. The van der Waals surface area contributed by atoms with E-state index in [-0.39, 0.29) is 12.1 Å². The maximum Gasteiger partial charge on any atom is 0.347 e. The molecule has 0 bridgehead atoms. The maximum atomic E-state index is 12.7. The summed E-state index contributed by atoms with van der Waals surface area (Å²) >= 11 is 0. The lowest BCUT2D eigenvalue weighted by Gasteiger charge is -2.20. The zero-order valence-electron chi connectivity index (χ0n) is 27.7. The summed E-state index contributed by atoms with van der Waals surface area (Å²) in [5.41, 5.74) is 2.41. The lowest BCUT2D eigenvalue weighted by atomic mass is 10.1. The van der Waals surface area contributed by atoms with Gasteiger partial charge in [-0.25, -0.2) is 9.59 Å². The predicted molar refractivity (Wildman–Crippen MR) is 181 cm³/mol. The molecule has 1 unspecified atom stereocenters. The Morgan fingerprint density at radius 2 is 1.11 bits per heavy atom. The Hall–Kier alpha value is -3.80. The van der Waals surface area contributed by atoms with Gasteiger partial charge in [0.15, 0.2) is 6.10 Å². The fourth-order valence-corrected chi connectivity index (χ4v) is 5.14. The summed E-state index contributed by atoms with van der Waals surface area (Å²) in [4.78, 5) is 25.2. The molecule has 3 rings (SSSR count). The van der Waals surface area contributed by atoms with Gasteiger partial charge in [-0.3, -0.25) is 0 Å². The minimum Gasteiger partial charge on any atom is -0.494 e. The molecule has 0 radical (unpaired) electrons. The van der Waals surface area contributed by atoms with E-state index in [2.05, 4.69) is 20.8 Å². The minimum atomic E-state index is -0.690. The van der Waals surface area contributed by atoms with Crippen LogP contribution in [0.1, 0.15) is 115 Å². The Morgan fingerprint density at radius 3 is 1.67 bits per heavy atom. The molecule has 0 aliphatic heterocycles. The molecule has 244 valence electrons. The molecule has 6 nitrogen and oxygen atoms in total. The Balaban J connectivity index is 1.42. The van der Waals surface area contributed by atoms with E-state index >= 15 is 0 Å². The van der Waals surface area contributed by atoms with E-state index in [9.17, 15) is 9.59 Å². The van der Waals surface area contributed by atoms with Gasteiger partial charge in [-0.1, -0.05) is 103 Å². The second kappa shape index (κ2) is 20.3. The second-order valence-electron chi connectivity index (χ2n) is 11.7. The molecule has 0 fully saturated rings. The highest BCUT2D eigenvalue weighted by Gasteiger charge is 2.20. The van der Waals surface area contributed by atoms with Crippen LogP contribution >= 0.6 is 0 Å². The van der Waals surface area contributed by atoms with Gasteiger partial charge < -0.3 is 18.9 Å². The molecule has 0 saturated heterocycles. The summed E-state index contributed by atoms with van der Waals surface area (Å²) in [5.74, 6) is 1.07. The van der Waals surface area contributed by atoms with Crippen molar-refractivity contribution in [2.24, 2.45) is 0 Å². The van der Waals surface area contributed by atoms with Gasteiger partial charge in [-0.05, 0) is 85.8 Å². The van der Waals surface area contributed by atoms with Crippen LogP contribution in [0.5, 0.6) is 17.2 Å². The standard InChI is InChI=1S/C39H52O6/c1-5-8-9-10-11-12-13-14-29-42-34-23-21-33(22-24-34)39(41)45-37-27-19-32(20-28-37)31-17-25-36(26-18-31)43-30(4)38(40)44-35(15-6-2)16-7-3/h17-28,30,35H,5-16,29H2,1-4H3. The van der Waals surface area contributed by atoms with Crippen LogP contribution in [0.3, 0.4) is 0 Å². The van der Waals surface area contributed by atoms with Crippen LogP contribution < -0.4 is 14.2 Å². The SMILES string of the molecule is CCCCCCCCCCOc1ccc(C(=O)Oc2ccc(-c3ccc(OC(C)C(=O)OC(CCC)CCC)cc3)cc2)cc1. The van der Waals surface area contributed by atoms with Gasteiger partial charge in [0, 0.05) is 0 Å². The van der Waals surface area contributed by atoms with Crippen molar-refractivity contribution in [2.45, 2.75) is 117 Å². The monoisotopic (exact) mass is 616 g/mol. The van der Waals surface area contributed by atoms with E-state index in [1.165, 1.54) is 44.9 Å². The molecule has 0 aliphatic carbocycles. The zero-order valence-corrected chi connectivity index (χ0v) is 27.7. The first kappa shape index (κ1) is 35.7. The Bertz CT molecular complexity index is 1240. The molecule has 1 atom stereocenters. The van der Waals surface area contributed by atoms with Crippen molar-refractivity contribution < 1.29 is 28.5 Å². The lowest BCUT2D eigenvalue weighted by molar-refractivity contribution is -0.157. The molecule has 0 aliphatic rings. The van der Waals surface area contributed by atoms with Gasteiger partial charge >= 0.3 is 11.9 Å². The third kappa shape index (κ3) is 13.0. The van der Waals surface area contributed by atoms with Gasteiger partial charge in [-0.2, -0.15) is 0 Å². The average molecular weight is 617 g/mol. The molecule has 6 heteroatoms. The summed E-state index contributed by atoms with van der Waals surface area (Å²) in [7, 11) is 0. The molecule has 0 heterocycles. The molecular formula is C39H52O6.